The molecule has 0 spiro atoms. The van der Waals surface area contributed by atoms with Crippen molar-refractivity contribution in [2.45, 2.75) is 27.2 Å². The van der Waals surface area contributed by atoms with E-state index in [2.05, 4.69) is 31.8 Å². The van der Waals surface area contributed by atoms with Crippen LogP contribution < -0.4 is 0 Å². The van der Waals surface area contributed by atoms with Crippen LogP contribution in [0, 0.1) is 5.92 Å². The fourth-order valence-corrected chi connectivity index (χ4v) is 0.822. The minimum atomic E-state index is 0.601. The van der Waals surface area contributed by atoms with Gasteiger partial charge in [0.25, 0.3) is 0 Å². The maximum atomic E-state index is 3.98. The second-order valence-electron chi connectivity index (χ2n) is 2.65. The van der Waals surface area contributed by atoms with Gasteiger partial charge in [-0.2, -0.15) is 0 Å². The van der Waals surface area contributed by atoms with Crippen molar-refractivity contribution < 1.29 is 0 Å². The molecule has 0 aliphatic heterocycles. The van der Waals surface area contributed by atoms with Crippen LogP contribution >= 0.6 is 0 Å². The molecule has 0 unspecified atom stereocenters. The zero-order chi connectivity index (χ0) is 7.98. The second kappa shape index (κ2) is 5.21. The van der Waals surface area contributed by atoms with Gasteiger partial charge in [0.2, 0.25) is 0 Å². The summed E-state index contributed by atoms with van der Waals surface area (Å²) in [5.41, 5.74) is 1.34. The molecule has 0 amide bonds. The van der Waals surface area contributed by atoms with Crippen LogP contribution in [0.25, 0.3) is 0 Å². The number of hydrogen-bond donors (Lipinski definition) is 0. The summed E-state index contributed by atoms with van der Waals surface area (Å²) in [5.74, 6) is 0.601. The highest BCUT2D eigenvalue weighted by Crippen LogP contribution is 2.07. The molecule has 0 rings (SSSR count). The molecule has 0 saturated carbocycles. The van der Waals surface area contributed by atoms with E-state index in [-0.39, 0.29) is 0 Å². The molecule has 0 radical (unpaired) electrons. The average molecular weight is 139 g/mol. The van der Waals surface area contributed by atoms with E-state index >= 15 is 0 Å². The smallest absolute Gasteiger partial charge is 0.0277 e. The lowest BCUT2D eigenvalue weighted by molar-refractivity contribution is 0.800. The number of nitrogens with zero attached hydrogens (tertiary/aromatic N) is 1. The lowest BCUT2D eigenvalue weighted by Gasteiger charge is -2.03. The molecule has 1 nitrogen and oxygen atoms in total. The predicted octanol–water partition coefficient (Wildman–Crippen LogP) is 2.68. The van der Waals surface area contributed by atoms with Crippen molar-refractivity contribution in [3.05, 3.63) is 11.6 Å². The van der Waals surface area contributed by atoms with E-state index in [4.69, 9.17) is 0 Å². The molecule has 0 heterocycles. The molecule has 10 heavy (non-hydrogen) atoms. The van der Waals surface area contributed by atoms with Crippen LogP contribution in [0.2, 0.25) is 0 Å². The Morgan fingerprint density at radius 3 is 2.40 bits per heavy atom. The number of hydrogen-bond acceptors (Lipinski definition) is 1. The highest BCUT2D eigenvalue weighted by atomic mass is 14.6. The Kier molecular flexibility index (Phi) is 4.91. The highest BCUT2D eigenvalue weighted by Gasteiger charge is 1.96. The molecule has 0 bridgehead atoms. The minimum Gasteiger partial charge on any atom is -0.296 e. The quantitative estimate of drug-likeness (QED) is 0.533. The molecular formula is C9H17N. The first-order valence-corrected chi connectivity index (χ1v) is 3.84. The fraction of sp³-hybridized carbons (Fsp3) is 0.667. The zero-order valence-electron chi connectivity index (χ0n) is 7.39. The van der Waals surface area contributed by atoms with E-state index in [1.807, 2.05) is 13.3 Å². The molecule has 0 saturated heterocycles. The van der Waals surface area contributed by atoms with Crippen LogP contribution in [-0.2, 0) is 0 Å². The van der Waals surface area contributed by atoms with Crippen LogP contribution in [0.15, 0.2) is 16.6 Å². The zero-order valence-corrected chi connectivity index (χ0v) is 7.39. The SMILES string of the molecule is CC/C=C(\C=NC)C(C)C. The van der Waals surface area contributed by atoms with Crippen molar-refractivity contribution in [1.82, 2.24) is 0 Å². The largest absolute Gasteiger partial charge is 0.296 e. The van der Waals surface area contributed by atoms with E-state index in [0.717, 1.165) is 6.42 Å². The normalized spacial score (nSPS) is 13.5. The third-order valence-electron chi connectivity index (χ3n) is 1.38. The maximum absolute atomic E-state index is 3.98. The molecular weight excluding hydrogens is 122 g/mol. The van der Waals surface area contributed by atoms with E-state index in [9.17, 15) is 0 Å². The summed E-state index contributed by atoms with van der Waals surface area (Å²) < 4.78 is 0. The summed E-state index contributed by atoms with van der Waals surface area (Å²) in [6.45, 7) is 6.51. The molecule has 0 aromatic rings. The van der Waals surface area contributed by atoms with Gasteiger partial charge in [0.1, 0.15) is 0 Å². The van der Waals surface area contributed by atoms with Gasteiger partial charge >= 0.3 is 0 Å². The number of allylic oxidation sites excluding steroid dienone is 2. The topological polar surface area (TPSA) is 12.4 Å². The molecule has 0 aliphatic rings. The first-order valence-electron chi connectivity index (χ1n) is 3.84. The molecule has 0 atom stereocenters. The molecule has 0 fully saturated rings. The van der Waals surface area contributed by atoms with Gasteiger partial charge in [-0.1, -0.05) is 26.8 Å². The van der Waals surface area contributed by atoms with Gasteiger partial charge in [0.15, 0.2) is 0 Å². The molecule has 1 heteroatoms. The first-order chi connectivity index (χ1) is 4.72. The molecule has 0 aromatic carbocycles. The van der Waals surface area contributed by atoms with Crippen LogP contribution in [0.3, 0.4) is 0 Å². The van der Waals surface area contributed by atoms with Gasteiger partial charge < -0.3 is 0 Å². The Hall–Kier alpha value is -0.590. The Bertz CT molecular complexity index is 132. The van der Waals surface area contributed by atoms with Gasteiger partial charge in [-0.15, -0.1) is 0 Å². The van der Waals surface area contributed by atoms with E-state index in [1.165, 1.54) is 5.57 Å². The van der Waals surface area contributed by atoms with Gasteiger partial charge in [-0.3, -0.25) is 4.99 Å². The molecule has 0 aliphatic carbocycles. The summed E-state index contributed by atoms with van der Waals surface area (Å²) in [6.07, 6.45) is 5.26. The summed E-state index contributed by atoms with van der Waals surface area (Å²) in [6, 6.07) is 0. The predicted molar refractivity (Wildman–Crippen MR) is 47.6 cm³/mol. The van der Waals surface area contributed by atoms with Crippen molar-refractivity contribution >= 4 is 6.21 Å². The van der Waals surface area contributed by atoms with Gasteiger partial charge in [0.05, 0.1) is 0 Å². The van der Waals surface area contributed by atoms with Gasteiger partial charge in [0, 0.05) is 13.3 Å². The summed E-state index contributed by atoms with van der Waals surface area (Å²) >= 11 is 0. The van der Waals surface area contributed by atoms with Crippen LogP contribution in [0.5, 0.6) is 0 Å². The Morgan fingerprint density at radius 1 is 1.50 bits per heavy atom. The van der Waals surface area contributed by atoms with Crippen molar-refractivity contribution in [3.8, 4) is 0 Å². The van der Waals surface area contributed by atoms with Crippen molar-refractivity contribution in [2.75, 3.05) is 7.05 Å². The van der Waals surface area contributed by atoms with E-state index < -0.39 is 0 Å². The van der Waals surface area contributed by atoms with Crippen molar-refractivity contribution in [3.63, 3.8) is 0 Å². The highest BCUT2D eigenvalue weighted by molar-refractivity contribution is 5.78. The lowest BCUT2D eigenvalue weighted by Crippen LogP contribution is -1.94. The first kappa shape index (κ1) is 9.41. The molecule has 0 N–H and O–H groups in total. The van der Waals surface area contributed by atoms with E-state index in [1.54, 1.807) is 0 Å². The van der Waals surface area contributed by atoms with Crippen LogP contribution in [0.1, 0.15) is 27.2 Å². The van der Waals surface area contributed by atoms with E-state index in [0.29, 0.717) is 5.92 Å². The van der Waals surface area contributed by atoms with Crippen molar-refractivity contribution in [2.24, 2.45) is 10.9 Å². The third kappa shape index (κ3) is 3.44. The van der Waals surface area contributed by atoms with Crippen molar-refractivity contribution in [1.29, 1.82) is 0 Å². The van der Waals surface area contributed by atoms with Crippen LogP contribution in [0.4, 0.5) is 0 Å². The Balaban J connectivity index is 4.11. The number of aliphatic imine (C=N–C) groups is 1. The Morgan fingerprint density at radius 2 is 2.10 bits per heavy atom. The van der Waals surface area contributed by atoms with Gasteiger partial charge in [-0.25, -0.2) is 0 Å². The molecule has 58 valence electrons. The molecule has 0 aromatic heterocycles. The van der Waals surface area contributed by atoms with Crippen LogP contribution in [-0.4, -0.2) is 13.3 Å². The fourth-order valence-electron chi connectivity index (χ4n) is 0.822. The second-order valence-corrected chi connectivity index (χ2v) is 2.65. The summed E-state index contributed by atoms with van der Waals surface area (Å²) in [7, 11) is 1.81. The number of rotatable bonds is 3. The lowest BCUT2D eigenvalue weighted by atomic mass is 10.0. The minimum absolute atomic E-state index is 0.601. The Labute approximate surface area is 63.9 Å². The summed E-state index contributed by atoms with van der Waals surface area (Å²) in [5, 5.41) is 0. The average Bonchev–Trinajstić information content (AvgIpc) is 1.87. The standard InChI is InChI=1S/C9H17N/c1-5-6-9(7-10-4)8(2)3/h6-8H,5H2,1-4H3/b9-6+,10-7?. The third-order valence-corrected chi connectivity index (χ3v) is 1.38. The maximum Gasteiger partial charge on any atom is 0.0277 e. The van der Waals surface area contributed by atoms with Gasteiger partial charge in [-0.05, 0) is 17.9 Å². The summed E-state index contributed by atoms with van der Waals surface area (Å²) in [4.78, 5) is 3.98. The monoisotopic (exact) mass is 139 g/mol.